The lowest BCUT2D eigenvalue weighted by molar-refractivity contribution is -0.254. The molecule has 0 saturated heterocycles. The average Bonchev–Trinajstić information content (AvgIpc) is 1.59. The Morgan fingerprint density at radius 2 is 1.44 bits per heavy atom. The Kier molecular flexibility index (Phi) is 1.28. The zero-order chi connectivity index (χ0) is 6.85. The Bertz CT molecular complexity index is 172. The van der Waals surface area contributed by atoms with Crippen LogP contribution in [0.1, 0.15) is 0 Å². The fourth-order valence-corrected chi connectivity index (χ4v) is 0.656. The largest absolute Gasteiger partial charge is 0.508 e. The number of hydrogen-bond acceptors (Lipinski definition) is 2. The van der Waals surface area contributed by atoms with Crippen LogP contribution in [-0.4, -0.2) is 10.2 Å². The van der Waals surface area contributed by atoms with Gasteiger partial charge in [0.2, 0.25) is 0 Å². The fourth-order valence-electron chi connectivity index (χ4n) is 0.656. The summed E-state index contributed by atoms with van der Waals surface area (Å²) in [4.78, 5) is 0. The molecule has 0 fully saturated rings. The number of phenols is 2. The molecule has 0 spiro atoms. The minimum atomic E-state index is 0.0417. The molecule has 3 heteroatoms. The maximum atomic E-state index is 8.79. The minimum absolute atomic E-state index is 0.0417. The normalized spacial score (nSPS) is 9.44. The molecule has 0 aliphatic carbocycles. The van der Waals surface area contributed by atoms with Crippen molar-refractivity contribution in [3.63, 3.8) is 0 Å². The van der Waals surface area contributed by atoms with Crippen LogP contribution in [0, 0.1) is 0 Å². The molecule has 5 N–H and O–H groups in total. The Balaban J connectivity index is 3.17. The molecular formula is C6H8NO2+. The summed E-state index contributed by atoms with van der Waals surface area (Å²) in [6, 6.07) is 4.20. The molecule has 1 aromatic carbocycles. The first kappa shape index (κ1) is 5.91. The van der Waals surface area contributed by atoms with E-state index in [1.165, 1.54) is 18.2 Å². The Labute approximate surface area is 52.4 Å². The summed E-state index contributed by atoms with van der Waals surface area (Å²) in [5.74, 6) is 0.0833. The van der Waals surface area contributed by atoms with Gasteiger partial charge in [0.15, 0.2) is 0 Å². The van der Waals surface area contributed by atoms with Crippen LogP contribution in [0.25, 0.3) is 0 Å². The van der Waals surface area contributed by atoms with E-state index in [1.54, 1.807) is 0 Å². The predicted molar refractivity (Wildman–Crippen MR) is 32.3 cm³/mol. The van der Waals surface area contributed by atoms with E-state index in [2.05, 4.69) is 5.73 Å². The summed E-state index contributed by atoms with van der Waals surface area (Å²) >= 11 is 0. The van der Waals surface area contributed by atoms with Gasteiger partial charge in [0.1, 0.15) is 17.2 Å². The van der Waals surface area contributed by atoms with E-state index < -0.39 is 0 Å². The highest BCUT2D eigenvalue weighted by Gasteiger charge is 1.95. The Morgan fingerprint density at radius 3 is 1.78 bits per heavy atom. The van der Waals surface area contributed by atoms with Crippen LogP contribution in [0.4, 0.5) is 5.69 Å². The molecule has 1 aromatic rings. The zero-order valence-electron chi connectivity index (χ0n) is 4.83. The van der Waals surface area contributed by atoms with Crippen molar-refractivity contribution in [3.8, 4) is 11.5 Å². The van der Waals surface area contributed by atoms with Crippen molar-refractivity contribution in [1.29, 1.82) is 0 Å². The van der Waals surface area contributed by atoms with Crippen molar-refractivity contribution in [1.82, 2.24) is 0 Å². The van der Waals surface area contributed by atoms with Crippen LogP contribution < -0.4 is 5.73 Å². The lowest BCUT2D eigenvalue weighted by Gasteiger charge is -1.92. The molecule has 3 nitrogen and oxygen atoms in total. The molecule has 0 aliphatic heterocycles. The standard InChI is InChI=1S/C6H7NO2/c7-4-1-5(8)3-6(9)2-4/h1-3,8-9H,7H2/p+1. The summed E-state index contributed by atoms with van der Waals surface area (Å²) in [5.41, 5.74) is 4.13. The average molecular weight is 126 g/mol. The number of rotatable bonds is 0. The van der Waals surface area contributed by atoms with E-state index >= 15 is 0 Å². The molecule has 9 heavy (non-hydrogen) atoms. The van der Waals surface area contributed by atoms with E-state index in [1.807, 2.05) is 0 Å². The fraction of sp³-hybridized carbons (Fsp3) is 0. The molecule has 0 atom stereocenters. The van der Waals surface area contributed by atoms with Crippen LogP contribution in [0.3, 0.4) is 0 Å². The van der Waals surface area contributed by atoms with E-state index in [0.717, 1.165) is 0 Å². The van der Waals surface area contributed by atoms with Gasteiger partial charge in [-0.05, 0) is 0 Å². The summed E-state index contributed by atoms with van der Waals surface area (Å²) < 4.78 is 0. The highest BCUT2D eigenvalue weighted by atomic mass is 16.3. The van der Waals surface area contributed by atoms with Crippen LogP contribution in [0.5, 0.6) is 11.5 Å². The van der Waals surface area contributed by atoms with Gasteiger partial charge >= 0.3 is 0 Å². The Hall–Kier alpha value is -1.22. The molecular weight excluding hydrogens is 118 g/mol. The number of phenolic OH excluding ortho intramolecular Hbond substituents is 2. The van der Waals surface area contributed by atoms with E-state index in [4.69, 9.17) is 10.2 Å². The van der Waals surface area contributed by atoms with Crippen LogP contribution in [-0.2, 0) is 0 Å². The third kappa shape index (κ3) is 1.33. The topological polar surface area (TPSA) is 68.1 Å². The van der Waals surface area contributed by atoms with Crippen molar-refractivity contribution in [3.05, 3.63) is 18.2 Å². The van der Waals surface area contributed by atoms with E-state index in [0.29, 0.717) is 5.69 Å². The minimum Gasteiger partial charge on any atom is -0.508 e. The third-order valence-corrected chi connectivity index (χ3v) is 0.962. The van der Waals surface area contributed by atoms with Gasteiger partial charge in [0, 0.05) is 18.2 Å². The lowest BCUT2D eigenvalue weighted by atomic mass is 10.3. The van der Waals surface area contributed by atoms with Crippen LogP contribution in [0.2, 0.25) is 0 Å². The maximum Gasteiger partial charge on any atom is 0.135 e. The van der Waals surface area contributed by atoms with E-state index in [-0.39, 0.29) is 11.5 Å². The summed E-state index contributed by atoms with van der Waals surface area (Å²) in [7, 11) is 0. The second-order valence-electron chi connectivity index (χ2n) is 1.86. The first-order valence-corrected chi connectivity index (χ1v) is 2.53. The smallest absolute Gasteiger partial charge is 0.135 e. The second-order valence-corrected chi connectivity index (χ2v) is 1.86. The monoisotopic (exact) mass is 126 g/mol. The van der Waals surface area contributed by atoms with Crippen molar-refractivity contribution >= 4 is 5.69 Å². The molecule has 0 amide bonds. The van der Waals surface area contributed by atoms with Crippen molar-refractivity contribution in [2.45, 2.75) is 0 Å². The first-order valence-electron chi connectivity index (χ1n) is 2.53. The molecule has 0 aromatic heterocycles. The second kappa shape index (κ2) is 1.95. The van der Waals surface area contributed by atoms with E-state index in [9.17, 15) is 0 Å². The van der Waals surface area contributed by atoms with Crippen molar-refractivity contribution < 1.29 is 15.9 Å². The molecule has 1 rings (SSSR count). The molecule has 0 radical (unpaired) electrons. The highest BCUT2D eigenvalue weighted by molar-refractivity contribution is 5.43. The number of aromatic hydroxyl groups is 2. The first-order chi connectivity index (χ1) is 4.18. The van der Waals surface area contributed by atoms with Gasteiger partial charge < -0.3 is 15.9 Å². The molecule has 0 unspecified atom stereocenters. The molecule has 0 bridgehead atoms. The van der Waals surface area contributed by atoms with Gasteiger partial charge in [0.05, 0.1) is 0 Å². The molecule has 0 saturated carbocycles. The summed E-state index contributed by atoms with van der Waals surface area (Å²) in [5, 5.41) is 17.6. The van der Waals surface area contributed by atoms with Gasteiger partial charge in [-0.1, -0.05) is 0 Å². The van der Waals surface area contributed by atoms with Crippen molar-refractivity contribution in [2.75, 3.05) is 0 Å². The summed E-state index contributed by atoms with van der Waals surface area (Å²) in [6.07, 6.45) is 0. The van der Waals surface area contributed by atoms with Crippen LogP contribution in [0.15, 0.2) is 18.2 Å². The maximum absolute atomic E-state index is 8.79. The quantitative estimate of drug-likeness (QED) is 0.457. The predicted octanol–water partition coefficient (Wildman–Crippen LogP) is -0.0288. The van der Waals surface area contributed by atoms with Gasteiger partial charge in [-0.25, -0.2) is 0 Å². The van der Waals surface area contributed by atoms with Crippen LogP contribution >= 0.6 is 0 Å². The number of quaternary nitrogens is 1. The molecule has 48 valence electrons. The molecule has 0 heterocycles. The number of benzene rings is 1. The SMILES string of the molecule is [NH3+]c1cc(O)cc(O)c1. The summed E-state index contributed by atoms with van der Waals surface area (Å²) in [6.45, 7) is 0. The van der Waals surface area contributed by atoms with Crippen molar-refractivity contribution in [2.24, 2.45) is 0 Å². The lowest BCUT2D eigenvalue weighted by Crippen LogP contribution is -2.39. The van der Waals surface area contributed by atoms with Gasteiger partial charge in [-0.15, -0.1) is 0 Å². The third-order valence-electron chi connectivity index (χ3n) is 0.962. The molecule has 0 aliphatic rings. The van der Waals surface area contributed by atoms with Gasteiger partial charge in [-0.2, -0.15) is 0 Å². The zero-order valence-corrected chi connectivity index (χ0v) is 4.83. The van der Waals surface area contributed by atoms with Gasteiger partial charge in [-0.3, -0.25) is 0 Å². The Morgan fingerprint density at radius 1 is 1.00 bits per heavy atom. The van der Waals surface area contributed by atoms with Gasteiger partial charge in [0.25, 0.3) is 0 Å². The number of hydrogen-bond donors (Lipinski definition) is 3. The highest BCUT2D eigenvalue weighted by Crippen LogP contribution is 2.19.